The van der Waals surface area contributed by atoms with Gasteiger partial charge in [0.05, 0.1) is 25.4 Å². The van der Waals surface area contributed by atoms with Crippen molar-refractivity contribution < 1.29 is 23.8 Å². The summed E-state index contributed by atoms with van der Waals surface area (Å²) in [6.45, 7) is 6.81. The van der Waals surface area contributed by atoms with Gasteiger partial charge in [-0.1, -0.05) is 6.07 Å². The number of halogens is 1. The Kier molecular flexibility index (Phi) is 8.48. The number of hydrogen-bond acceptors (Lipinski definition) is 5. The van der Waals surface area contributed by atoms with Crippen molar-refractivity contribution in [2.45, 2.75) is 51.7 Å². The van der Waals surface area contributed by atoms with Gasteiger partial charge in [0.25, 0.3) is 0 Å². The van der Waals surface area contributed by atoms with Crippen molar-refractivity contribution in [2.75, 3.05) is 32.8 Å². The number of ether oxygens (including phenoxy) is 2. The van der Waals surface area contributed by atoms with Crippen LogP contribution in [-0.4, -0.2) is 54.9 Å². The number of esters is 1. The maximum atomic E-state index is 13.7. The number of hydrogen-bond donors (Lipinski definition) is 1. The highest BCUT2D eigenvalue weighted by Gasteiger charge is 2.18. The molecule has 0 spiro atoms. The molecule has 1 saturated heterocycles. The Bertz CT molecular complexity index is 575. The Morgan fingerprint density at radius 3 is 2.77 bits per heavy atom. The third kappa shape index (κ3) is 6.67. The number of aliphatic hydroxyl groups excluding tert-OH is 1. The van der Waals surface area contributed by atoms with Gasteiger partial charge in [-0.25, -0.2) is 4.39 Å². The van der Waals surface area contributed by atoms with Gasteiger partial charge in [-0.05, 0) is 69.5 Å². The van der Waals surface area contributed by atoms with Crippen LogP contribution >= 0.6 is 0 Å². The minimum Gasteiger partial charge on any atom is -0.466 e. The number of rotatable bonds is 10. The number of likely N-dealkylation sites (tertiary alicyclic amines) is 1. The van der Waals surface area contributed by atoms with E-state index in [1.165, 1.54) is 25.0 Å². The lowest BCUT2D eigenvalue weighted by Gasteiger charge is -2.22. The number of carbonyl (C=O) groups excluding carboxylic acids is 1. The zero-order valence-corrected chi connectivity index (χ0v) is 15.7. The first-order valence-electron chi connectivity index (χ1n) is 9.45. The Balaban J connectivity index is 1.90. The molecule has 1 aliphatic heterocycles. The maximum absolute atomic E-state index is 13.7. The van der Waals surface area contributed by atoms with E-state index >= 15 is 0 Å². The van der Waals surface area contributed by atoms with Crippen LogP contribution < -0.4 is 0 Å². The third-order valence-corrected chi connectivity index (χ3v) is 4.66. The monoisotopic (exact) mass is 367 g/mol. The number of carbonyl (C=O) groups is 1. The van der Waals surface area contributed by atoms with E-state index in [-0.39, 0.29) is 30.9 Å². The van der Waals surface area contributed by atoms with Gasteiger partial charge in [0, 0.05) is 13.0 Å². The predicted octanol–water partition coefficient (Wildman–Crippen LogP) is 2.86. The summed E-state index contributed by atoms with van der Waals surface area (Å²) in [6.07, 6.45) is 2.15. The fourth-order valence-electron chi connectivity index (χ4n) is 3.30. The van der Waals surface area contributed by atoms with Crippen LogP contribution in [0.1, 0.15) is 50.3 Å². The van der Waals surface area contributed by atoms with Gasteiger partial charge < -0.3 is 19.5 Å². The molecule has 1 fully saturated rings. The summed E-state index contributed by atoms with van der Waals surface area (Å²) in [5.41, 5.74) is 1.57. The number of β-amino-alcohol motifs (C(OH)–C–C–N with tert-alkyl or cyclic N) is 1. The zero-order valence-electron chi connectivity index (χ0n) is 15.7. The lowest BCUT2D eigenvalue weighted by Crippen LogP contribution is -2.33. The molecule has 2 rings (SSSR count). The standard InChI is InChI=1S/C20H30FNO4/c1-3-25-20(24)9-7-16-6-8-17(21)12-19(16)15(2)26-14-18(23)13-22-10-4-5-11-22/h6,8,12,15,18,23H,3-5,7,9-11,13-14H2,1-2H3. The average molecular weight is 367 g/mol. The largest absolute Gasteiger partial charge is 0.466 e. The summed E-state index contributed by atoms with van der Waals surface area (Å²) in [4.78, 5) is 13.8. The molecule has 2 atom stereocenters. The highest BCUT2D eigenvalue weighted by atomic mass is 19.1. The minimum atomic E-state index is -0.563. The molecule has 1 N–H and O–H groups in total. The summed E-state index contributed by atoms with van der Waals surface area (Å²) in [7, 11) is 0. The van der Waals surface area contributed by atoms with Crippen LogP contribution in [0.4, 0.5) is 4.39 Å². The van der Waals surface area contributed by atoms with Crippen LogP contribution in [0.3, 0.4) is 0 Å². The molecule has 26 heavy (non-hydrogen) atoms. The van der Waals surface area contributed by atoms with Gasteiger partial charge in [0.15, 0.2) is 0 Å². The van der Waals surface area contributed by atoms with Gasteiger partial charge in [-0.15, -0.1) is 0 Å². The van der Waals surface area contributed by atoms with Crippen LogP contribution in [0.5, 0.6) is 0 Å². The average Bonchev–Trinajstić information content (AvgIpc) is 3.11. The highest BCUT2D eigenvalue weighted by molar-refractivity contribution is 5.69. The topological polar surface area (TPSA) is 59.0 Å². The first-order chi connectivity index (χ1) is 12.5. The van der Waals surface area contributed by atoms with E-state index in [9.17, 15) is 14.3 Å². The van der Waals surface area contributed by atoms with Gasteiger partial charge in [-0.3, -0.25) is 4.79 Å². The molecule has 1 aromatic carbocycles. The van der Waals surface area contributed by atoms with Crippen molar-refractivity contribution in [1.29, 1.82) is 0 Å². The van der Waals surface area contributed by atoms with E-state index in [2.05, 4.69) is 4.90 Å². The quantitative estimate of drug-likeness (QED) is 0.645. The van der Waals surface area contributed by atoms with Crippen molar-refractivity contribution in [3.8, 4) is 0 Å². The lowest BCUT2D eigenvalue weighted by atomic mass is 9.99. The maximum Gasteiger partial charge on any atom is 0.306 e. The molecular weight excluding hydrogens is 337 g/mol. The molecule has 1 heterocycles. The normalized spacial score (nSPS) is 17.2. The first-order valence-corrected chi connectivity index (χ1v) is 9.45. The Morgan fingerprint density at radius 1 is 1.35 bits per heavy atom. The van der Waals surface area contributed by atoms with E-state index in [1.54, 1.807) is 13.0 Å². The predicted molar refractivity (Wildman–Crippen MR) is 97.4 cm³/mol. The second kappa shape index (κ2) is 10.6. The van der Waals surface area contributed by atoms with E-state index < -0.39 is 6.10 Å². The summed E-state index contributed by atoms with van der Waals surface area (Å²) in [5.74, 6) is -0.606. The van der Waals surface area contributed by atoms with E-state index in [0.717, 1.165) is 18.7 Å². The molecule has 146 valence electrons. The molecule has 0 aliphatic carbocycles. The van der Waals surface area contributed by atoms with Crippen molar-refractivity contribution >= 4 is 5.97 Å². The molecule has 0 radical (unpaired) electrons. The zero-order chi connectivity index (χ0) is 18.9. The van der Waals surface area contributed by atoms with Crippen LogP contribution in [0.25, 0.3) is 0 Å². The number of nitrogens with zero attached hydrogens (tertiary/aromatic N) is 1. The summed E-state index contributed by atoms with van der Waals surface area (Å²) in [5, 5.41) is 10.2. The van der Waals surface area contributed by atoms with Gasteiger partial charge in [0.2, 0.25) is 0 Å². The lowest BCUT2D eigenvalue weighted by molar-refractivity contribution is -0.143. The van der Waals surface area contributed by atoms with Gasteiger partial charge in [-0.2, -0.15) is 0 Å². The van der Waals surface area contributed by atoms with Crippen LogP contribution in [0.2, 0.25) is 0 Å². The molecule has 2 unspecified atom stereocenters. The van der Waals surface area contributed by atoms with Crippen LogP contribution in [0, 0.1) is 5.82 Å². The molecule has 6 heteroatoms. The number of aryl methyl sites for hydroxylation is 1. The van der Waals surface area contributed by atoms with Crippen molar-refractivity contribution in [1.82, 2.24) is 4.90 Å². The van der Waals surface area contributed by atoms with Crippen LogP contribution in [0.15, 0.2) is 18.2 Å². The van der Waals surface area contributed by atoms with Gasteiger partial charge >= 0.3 is 5.97 Å². The van der Waals surface area contributed by atoms with Crippen molar-refractivity contribution in [3.05, 3.63) is 35.1 Å². The van der Waals surface area contributed by atoms with Crippen LogP contribution in [-0.2, 0) is 20.7 Å². The molecule has 1 aromatic rings. The molecular formula is C20H30FNO4. The SMILES string of the molecule is CCOC(=O)CCc1ccc(F)cc1C(C)OCC(O)CN1CCCC1. The molecule has 0 saturated carbocycles. The fraction of sp³-hybridized carbons (Fsp3) is 0.650. The Hall–Kier alpha value is -1.50. The van der Waals surface area contributed by atoms with Crippen molar-refractivity contribution in [2.24, 2.45) is 0 Å². The highest BCUT2D eigenvalue weighted by Crippen LogP contribution is 2.24. The molecule has 0 aromatic heterocycles. The Labute approximate surface area is 155 Å². The summed E-state index contributed by atoms with van der Waals surface area (Å²) in [6, 6.07) is 4.52. The molecule has 0 bridgehead atoms. The van der Waals surface area contributed by atoms with E-state index in [4.69, 9.17) is 9.47 Å². The third-order valence-electron chi connectivity index (χ3n) is 4.66. The second-order valence-electron chi connectivity index (χ2n) is 6.79. The first kappa shape index (κ1) is 20.8. The van der Waals surface area contributed by atoms with E-state index in [1.807, 2.05) is 6.92 Å². The van der Waals surface area contributed by atoms with Gasteiger partial charge in [0.1, 0.15) is 5.82 Å². The summed E-state index contributed by atoms with van der Waals surface area (Å²) < 4.78 is 24.4. The smallest absolute Gasteiger partial charge is 0.306 e. The molecule has 0 amide bonds. The summed E-state index contributed by atoms with van der Waals surface area (Å²) >= 11 is 0. The minimum absolute atomic E-state index is 0.200. The van der Waals surface area contributed by atoms with E-state index in [0.29, 0.717) is 25.1 Å². The molecule has 1 aliphatic rings. The second-order valence-corrected chi connectivity index (χ2v) is 6.79. The Morgan fingerprint density at radius 2 is 2.08 bits per heavy atom. The molecule has 5 nitrogen and oxygen atoms in total. The fourth-order valence-corrected chi connectivity index (χ4v) is 3.30. The van der Waals surface area contributed by atoms with Crippen molar-refractivity contribution in [3.63, 3.8) is 0 Å². The number of aliphatic hydroxyl groups is 1. The number of benzene rings is 1.